The molecule has 8 heterocycles. The van der Waals surface area contributed by atoms with Crippen molar-refractivity contribution < 1.29 is 33.8 Å². The molecule has 0 spiro atoms. The number of rotatable bonds is 17. The number of aliphatic hydroxyl groups excluding tert-OH is 1. The molecule has 19 nitrogen and oxygen atoms in total. The van der Waals surface area contributed by atoms with Gasteiger partial charge < -0.3 is 60.2 Å². The number of phenols is 1. The predicted octanol–water partition coefficient (Wildman–Crippen LogP) is 8.18. The molecule has 12 rings (SSSR count). The van der Waals surface area contributed by atoms with Gasteiger partial charge in [-0.3, -0.25) is 9.59 Å². The maximum absolute atomic E-state index is 14.4. The molecule has 2 aromatic carbocycles. The molecule has 6 aromatic rings. The number of hydrogen-bond acceptors (Lipinski definition) is 18. The summed E-state index contributed by atoms with van der Waals surface area (Å²) in [4.78, 5) is 47.0. The van der Waals surface area contributed by atoms with Crippen LogP contribution in [-0.2, 0) is 14.3 Å². The van der Waals surface area contributed by atoms with Crippen molar-refractivity contribution in [3.05, 3.63) is 102 Å². The van der Waals surface area contributed by atoms with E-state index in [2.05, 4.69) is 62.8 Å². The van der Waals surface area contributed by atoms with Crippen LogP contribution in [-0.4, -0.2) is 140 Å². The number of β-amino-alcohol motifs (C(OH)–C–C–N with tert-alkyl or cyclic N) is 1. The summed E-state index contributed by atoms with van der Waals surface area (Å²) < 4.78 is 19.0. The second-order valence-corrected chi connectivity index (χ2v) is 24.6. The minimum atomic E-state index is -0.805. The number of thiazole rings is 1. The first-order valence-electron chi connectivity index (χ1n) is 29.3. The van der Waals surface area contributed by atoms with Gasteiger partial charge in [0.2, 0.25) is 17.7 Å². The molecule has 20 heteroatoms. The second kappa shape index (κ2) is 23.5. The first-order valence-corrected chi connectivity index (χ1v) is 30.2. The first kappa shape index (κ1) is 54.7. The number of nitrogens with one attached hydrogen (secondary N) is 2. The van der Waals surface area contributed by atoms with Gasteiger partial charge in [0, 0.05) is 106 Å². The lowest BCUT2D eigenvalue weighted by molar-refractivity contribution is -0.141. The number of aryl methyl sites for hydroxylation is 1. The van der Waals surface area contributed by atoms with Crippen LogP contribution in [0.5, 0.6) is 11.6 Å². The van der Waals surface area contributed by atoms with Gasteiger partial charge in [-0.2, -0.15) is 0 Å². The lowest BCUT2D eigenvalue weighted by Crippen LogP contribution is -2.54. The number of hydrogen-bond donors (Lipinski definition) is 5. The van der Waals surface area contributed by atoms with E-state index < -0.39 is 18.1 Å². The topological polar surface area (TPSA) is 234 Å². The molecule has 4 saturated heterocycles. The Labute approximate surface area is 477 Å². The van der Waals surface area contributed by atoms with Crippen LogP contribution in [0.3, 0.4) is 0 Å². The number of aliphatic hydroxyl groups is 1. The highest BCUT2D eigenvalue weighted by Crippen LogP contribution is 2.41. The highest BCUT2D eigenvalue weighted by molar-refractivity contribution is 7.13. The van der Waals surface area contributed by atoms with Crippen LogP contribution >= 0.6 is 11.3 Å². The van der Waals surface area contributed by atoms with E-state index in [1.165, 1.54) is 4.90 Å². The summed E-state index contributed by atoms with van der Waals surface area (Å²) in [6.45, 7) is 11.2. The Morgan fingerprint density at radius 1 is 0.815 bits per heavy atom. The van der Waals surface area contributed by atoms with Gasteiger partial charge in [0.1, 0.15) is 23.8 Å². The minimum Gasteiger partial charge on any atom is -0.507 e. The fourth-order valence-electron chi connectivity index (χ4n) is 13.4. The van der Waals surface area contributed by atoms with Crippen LogP contribution in [0.25, 0.3) is 21.7 Å². The van der Waals surface area contributed by atoms with Gasteiger partial charge in [-0.05, 0) is 107 Å². The third-order valence-electron chi connectivity index (χ3n) is 17.9. The number of aromatic hydroxyl groups is 1. The Morgan fingerprint density at radius 3 is 2.27 bits per heavy atom. The number of pyridine rings is 1. The molecule has 2 amide bonds. The number of nitrogen functional groups attached to an aromatic ring is 1. The van der Waals surface area contributed by atoms with E-state index in [1.54, 1.807) is 23.5 Å². The molecule has 2 saturated carbocycles. The smallest absolute Gasteiger partial charge is 0.243 e. The van der Waals surface area contributed by atoms with Gasteiger partial charge in [-0.15, -0.1) is 21.5 Å². The average molecular weight is 1120 g/mol. The van der Waals surface area contributed by atoms with Gasteiger partial charge in [0.05, 0.1) is 51.8 Å². The van der Waals surface area contributed by atoms with Crippen molar-refractivity contribution in [1.29, 1.82) is 0 Å². The van der Waals surface area contributed by atoms with E-state index in [9.17, 15) is 19.8 Å². The third-order valence-corrected chi connectivity index (χ3v) is 18.9. The molecule has 6 fully saturated rings. The highest BCUT2D eigenvalue weighted by atomic mass is 32.1. The van der Waals surface area contributed by atoms with Crippen LogP contribution in [0.1, 0.15) is 120 Å². The molecule has 81 heavy (non-hydrogen) atoms. The molecule has 6 N–H and O–H groups in total. The van der Waals surface area contributed by atoms with Gasteiger partial charge in [-0.1, -0.05) is 55.4 Å². The van der Waals surface area contributed by atoms with Crippen molar-refractivity contribution >= 4 is 46.2 Å². The third kappa shape index (κ3) is 11.8. The number of likely N-dealkylation sites (tertiary alicyclic amines) is 1. The largest absolute Gasteiger partial charge is 0.507 e. The maximum atomic E-state index is 14.4. The Hall–Kier alpha value is -6.87. The molecule has 2 bridgehead atoms. The fraction of sp³-hybridized carbons (Fsp3) is 0.525. The van der Waals surface area contributed by atoms with E-state index in [4.69, 9.17) is 19.7 Å². The lowest BCUT2D eigenvalue weighted by Gasteiger charge is -2.43. The summed E-state index contributed by atoms with van der Waals surface area (Å²) in [7, 11) is 0. The van der Waals surface area contributed by atoms with Crippen LogP contribution < -0.4 is 35.8 Å². The van der Waals surface area contributed by atoms with Crippen molar-refractivity contribution in [3.63, 3.8) is 0 Å². The van der Waals surface area contributed by atoms with E-state index in [0.717, 1.165) is 129 Å². The van der Waals surface area contributed by atoms with Crippen molar-refractivity contribution in [3.8, 4) is 33.3 Å². The molecular formula is C61H76N12O7S. The van der Waals surface area contributed by atoms with Crippen LogP contribution in [0.2, 0.25) is 0 Å². The number of amides is 2. The summed E-state index contributed by atoms with van der Waals surface area (Å²) in [6, 6.07) is 23.7. The zero-order chi connectivity index (χ0) is 55.9. The number of carbonyl (C=O) groups is 2. The molecule has 428 valence electrons. The average Bonchev–Trinajstić information content (AvgIpc) is 4.28. The van der Waals surface area contributed by atoms with Gasteiger partial charge in [-0.25, -0.2) is 9.97 Å². The number of benzene rings is 2. The fourth-order valence-corrected chi connectivity index (χ4v) is 14.3. The van der Waals surface area contributed by atoms with E-state index in [-0.39, 0.29) is 60.8 Å². The maximum Gasteiger partial charge on any atom is 0.243 e. The number of nitrogens with two attached hydrogens (primary N) is 1. The molecule has 2 unspecified atom stereocenters. The number of para-hydroxylation sites is 1. The number of fused-ring (bicyclic) bond motifs is 2. The summed E-state index contributed by atoms with van der Waals surface area (Å²) in [5, 5.41) is 41.4. The van der Waals surface area contributed by atoms with Gasteiger partial charge >= 0.3 is 0 Å². The van der Waals surface area contributed by atoms with Gasteiger partial charge in [0.25, 0.3) is 0 Å². The molecule has 6 atom stereocenters. The van der Waals surface area contributed by atoms with Crippen molar-refractivity contribution in [2.75, 3.05) is 53.2 Å². The van der Waals surface area contributed by atoms with Gasteiger partial charge in [0.15, 0.2) is 17.4 Å². The van der Waals surface area contributed by atoms with Crippen LogP contribution in [0, 0.1) is 12.8 Å². The Kier molecular flexibility index (Phi) is 15.9. The zero-order valence-corrected chi connectivity index (χ0v) is 47.6. The summed E-state index contributed by atoms with van der Waals surface area (Å²) in [5.74, 6) is 1.09. The lowest BCUT2D eigenvalue weighted by atomic mass is 9.89. The second-order valence-electron chi connectivity index (χ2n) is 23.8. The zero-order valence-electron chi connectivity index (χ0n) is 46.8. The number of anilines is 4. The SMILES string of the molecule is Cc1ncsc1-c1ccc([C@H](C)NC(=O)[C@@H]2C[C@@H](O)CN2C(=O)[C@@H](c2cc(N3CCC(NC4CCC(OC5CC(Oc6cc(N7C8CCC7CN(c7cc(-c9ccccc9O)nnc7N)C8)ccn6)C5)CC4)CC3)no2)C(C)C)cc1. The number of phenolic OH excluding ortho intramolecular Hbond substituents is 1. The molecular weight excluding hydrogens is 1040 g/mol. The van der Waals surface area contributed by atoms with E-state index >= 15 is 0 Å². The standard InChI is InChI=1S/C61H76N12O7S/c1-35(2)57(61(77)72-33-45(74)26-52(72)60(76)65-36(3)38-9-11-39(12-10-38)58-37(4)64-34-81-58)54-30-55(69-80-54)70-23-20-41(21-24-70)66-40-13-17-46(18-14-40)78-47-27-48(28-47)79-56-25-42(19-22-63-56)73-43-15-16-44(73)32-71(31-43)51-29-50(67-68-59(51)62)49-7-5-6-8-53(49)75/h5-12,19,22,25,29-30,34-36,40-41,43-48,52,57,66,74-75H,13-18,20-21,23-24,26-28,31-33H2,1-4H3,(H2,62,68)(H,65,76)/t36-,40?,43?,44?,45+,46?,47?,48?,52-,57+/m0/s1. The van der Waals surface area contributed by atoms with Crippen LogP contribution in [0.15, 0.2) is 89.0 Å². The van der Waals surface area contributed by atoms with E-state index in [1.807, 2.05) is 87.9 Å². The number of nitrogens with zero attached hydrogens (tertiary/aromatic N) is 9. The molecule has 2 aliphatic carbocycles. The monoisotopic (exact) mass is 1120 g/mol. The van der Waals surface area contributed by atoms with Crippen molar-refractivity contribution in [2.24, 2.45) is 5.92 Å². The Bertz CT molecular complexity index is 3140. The number of aromatic nitrogens is 5. The van der Waals surface area contributed by atoms with Crippen molar-refractivity contribution in [1.82, 2.24) is 40.9 Å². The predicted molar refractivity (Wildman–Crippen MR) is 311 cm³/mol. The molecule has 6 aliphatic rings. The highest BCUT2D eigenvalue weighted by Gasteiger charge is 2.45. The molecule has 4 aliphatic heterocycles. The quantitative estimate of drug-likeness (QED) is 0.0579. The molecule has 4 aromatic heterocycles. The number of piperazine rings is 1. The number of piperidine rings is 1. The van der Waals surface area contributed by atoms with Crippen molar-refractivity contribution in [2.45, 2.75) is 165 Å². The number of carbonyl (C=O) groups excluding carboxylic acids is 2. The van der Waals surface area contributed by atoms with Crippen LogP contribution in [0.4, 0.5) is 23.0 Å². The first-order chi connectivity index (χ1) is 39.3. The summed E-state index contributed by atoms with van der Waals surface area (Å²) >= 11 is 1.60. The Morgan fingerprint density at radius 2 is 1.56 bits per heavy atom. The summed E-state index contributed by atoms with van der Waals surface area (Å²) in [6.07, 6.45) is 11.9. The Balaban J connectivity index is 0.564. The minimum absolute atomic E-state index is 0.0815. The number of ether oxygens (including phenoxy) is 2. The molecule has 0 radical (unpaired) electrons. The van der Waals surface area contributed by atoms with E-state index in [0.29, 0.717) is 52.9 Å². The normalized spacial score (nSPS) is 25.7. The summed E-state index contributed by atoms with van der Waals surface area (Å²) in [5.41, 5.74) is 14.5.